The van der Waals surface area contributed by atoms with Gasteiger partial charge >= 0.3 is 0 Å². The van der Waals surface area contributed by atoms with Gasteiger partial charge in [-0.3, -0.25) is 9.59 Å². The molecule has 2 aliphatic carbocycles. The van der Waals surface area contributed by atoms with Crippen LogP contribution in [0.25, 0.3) is 0 Å². The molecule has 0 spiro atoms. The molecule has 2 saturated carbocycles. The van der Waals surface area contributed by atoms with E-state index in [9.17, 15) is 9.59 Å². The fourth-order valence-electron chi connectivity index (χ4n) is 3.62. The first-order valence-electron chi connectivity index (χ1n) is 8.34. The molecule has 4 nitrogen and oxygen atoms in total. The van der Waals surface area contributed by atoms with Crippen molar-refractivity contribution in [3.05, 3.63) is 0 Å². The van der Waals surface area contributed by atoms with Crippen molar-refractivity contribution in [2.75, 3.05) is 6.54 Å². The second kappa shape index (κ2) is 6.15. The third kappa shape index (κ3) is 3.33. The van der Waals surface area contributed by atoms with E-state index in [4.69, 9.17) is 0 Å². The van der Waals surface area contributed by atoms with Crippen molar-refractivity contribution in [1.82, 2.24) is 10.2 Å². The van der Waals surface area contributed by atoms with E-state index in [1.165, 1.54) is 32.1 Å². The molecule has 1 N–H and O–H groups in total. The molecular weight excluding hydrogens is 252 g/mol. The lowest BCUT2D eigenvalue weighted by Crippen LogP contribution is -2.46. The van der Waals surface area contributed by atoms with Crippen LogP contribution in [0.5, 0.6) is 0 Å². The second-order valence-electron chi connectivity index (χ2n) is 6.74. The van der Waals surface area contributed by atoms with Crippen molar-refractivity contribution in [3.8, 4) is 0 Å². The molecule has 112 valence electrons. The van der Waals surface area contributed by atoms with Gasteiger partial charge < -0.3 is 10.2 Å². The number of nitrogens with zero attached hydrogens (tertiary/aromatic N) is 1. The van der Waals surface area contributed by atoms with Crippen LogP contribution in [-0.4, -0.2) is 35.3 Å². The molecule has 1 heterocycles. The van der Waals surface area contributed by atoms with Crippen LogP contribution in [-0.2, 0) is 9.59 Å². The summed E-state index contributed by atoms with van der Waals surface area (Å²) in [6, 6.07) is 0.199. The van der Waals surface area contributed by atoms with Gasteiger partial charge in [-0.15, -0.1) is 0 Å². The molecule has 0 bridgehead atoms. The Bertz CT molecular complexity index is 373. The largest absolute Gasteiger partial charge is 0.352 e. The van der Waals surface area contributed by atoms with Gasteiger partial charge in [0.2, 0.25) is 11.8 Å². The zero-order valence-corrected chi connectivity index (χ0v) is 12.3. The number of amides is 2. The van der Waals surface area contributed by atoms with Gasteiger partial charge in [-0.1, -0.05) is 19.3 Å². The predicted octanol–water partition coefficient (Wildman–Crippen LogP) is 2.23. The van der Waals surface area contributed by atoms with Crippen LogP contribution >= 0.6 is 0 Å². The molecular formula is C16H26N2O2. The minimum atomic E-state index is -0.188. The normalized spacial score (nSPS) is 27.6. The molecule has 0 aromatic carbocycles. The van der Waals surface area contributed by atoms with E-state index in [-0.39, 0.29) is 17.9 Å². The van der Waals surface area contributed by atoms with Crippen molar-refractivity contribution < 1.29 is 9.59 Å². The monoisotopic (exact) mass is 278 g/mol. The third-order valence-corrected chi connectivity index (χ3v) is 4.99. The first-order valence-corrected chi connectivity index (χ1v) is 8.34. The predicted molar refractivity (Wildman–Crippen MR) is 77.1 cm³/mol. The SMILES string of the molecule is O=C(NC1CC1)[C@H]1CCCN1C(=O)CC1CCCCC1. The molecule has 2 amide bonds. The van der Waals surface area contributed by atoms with E-state index in [2.05, 4.69) is 5.32 Å². The van der Waals surface area contributed by atoms with Gasteiger partial charge in [-0.05, 0) is 44.4 Å². The van der Waals surface area contributed by atoms with E-state index in [0.29, 0.717) is 18.4 Å². The minimum Gasteiger partial charge on any atom is -0.352 e. The molecule has 3 rings (SSSR count). The highest BCUT2D eigenvalue weighted by Gasteiger charge is 2.36. The Labute approximate surface area is 121 Å². The first-order chi connectivity index (χ1) is 9.74. The number of carbonyl (C=O) groups excluding carboxylic acids is 2. The first kappa shape index (κ1) is 13.9. The Hall–Kier alpha value is -1.06. The summed E-state index contributed by atoms with van der Waals surface area (Å²) in [5.41, 5.74) is 0. The number of nitrogens with one attached hydrogen (secondary N) is 1. The molecule has 1 atom stereocenters. The fraction of sp³-hybridized carbons (Fsp3) is 0.875. The van der Waals surface area contributed by atoms with Gasteiger partial charge in [-0.2, -0.15) is 0 Å². The Balaban J connectivity index is 1.53. The molecule has 0 unspecified atom stereocenters. The number of likely N-dealkylation sites (tertiary alicyclic amines) is 1. The Morgan fingerprint density at radius 1 is 0.950 bits per heavy atom. The van der Waals surface area contributed by atoms with Crippen LogP contribution in [0.2, 0.25) is 0 Å². The zero-order chi connectivity index (χ0) is 13.9. The van der Waals surface area contributed by atoms with Gasteiger partial charge in [0.15, 0.2) is 0 Å². The zero-order valence-electron chi connectivity index (χ0n) is 12.3. The highest BCUT2D eigenvalue weighted by molar-refractivity contribution is 5.88. The van der Waals surface area contributed by atoms with Crippen LogP contribution in [0.4, 0.5) is 0 Å². The molecule has 0 aromatic rings. The van der Waals surface area contributed by atoms with E-state index in [1.54, 1.807) is 0 Å². The maximum Gasteiger partial charge on any atom is 0.243 e. The molecule has 1 aliphatic heterocycles. The molecule has 4 heteroatoms. The summed E-state index contributed by atoms with van der Waals surface area (Å²) in [6.07, 6.45) is 10.9. The Morgan fingerprint density at radius 3 is 2.40 bits per heavy atom. The lowest BCUT2D eigenvalue weighted by Gasteiger charge is -2.27. The summed E-state index contributed by atoms with van der Waals surface area (Å²) < 4.78 is 0. The average Bonchev–Trinajstić information content (AvgIpc) is 3.12. The molecule has 0 aromatic heterocycles. The summed E-state index contributed by atoms with van der Waals surface area (Å²) in [5, 5.41) is 3.05. The average molecular weight is 278 g/mol. The summed E-state index contributed by atoms with van der Waals surface area (Å²) in [7, 11) is 0. The maximum absolute atomic E-state index is 12.5. The fourth-order valence-corrected chi connectivity index (χ4v) is 3.62. The van der Waals surface area contributed by atoms with Gasteiger partial charge in [-0.25, -0.2) is 0 Å². The number of hydrogen-bond donors (Lipinski definition) is 1. The van der Waals surface area contributed by atoms with E-state index >= 15 is 0 Å². The molecule has 1 saturated heterocycles. The highest BCUT2D eigenvalue weighted by atomic mass is 16.2. The number of hydrogen-bond acceptors (Lipinski definition) is 2. The molecule has 0 radical (unpaired) electrons. The lowest BCUT2D eigenvalue weighted by molar-refractivity contribution is -0.139. The number of carbonyl (C=O) groups is 2. The molecule has 3 aliphatic rings. The van der Waals surface area contributed by atoms with Crippen LogP contribution in [0.3, 0.4) is 0 Å². The van der Waals surface area contributed by atoms with Crippen LogP contribution < -0.4 is 5.32 Å². The summed E-state index contributed by atoms with van der Waals surface area (Å²) in [5.74, 6) is 0.858. The summed E-state index contributed by atoms with van der Waals surface area (Å²) >= 11 is 0. The van der Waals surface area contributed by atoms with Crippen molar-refractivity contribution in [2.45, 2.75) is 76.3 Å². The Morgan fingerprint density at radius 2 is 1.70 bits per heavy atom. The Kier molecular flexibility index (Phi) is 4.27. The van der Waals surface area contributed by atoms with Crippen molar-refractivity contribution in [3.63, 3.8) is 0 Å². The summed E-state index contributed by atoms with van der Waals surface area (Å²) in [6.45, 7) is 0.772. The van der Waals surface area contributed by atoms with Crippen LogP contribution in [0.15, 0.2) is 0 Å². The smallest absolute Gasteiger partial charge is 0.243 e. The standard InChI is InChI=1S/C16H26N2O2/c19-15(11-12-5-2-1-3-6-12)18-10-4-7-14(18)16(20)17-13-8-9-13/h12-14H,1-11H2,(H,17,20)/t14-/m1/s1. The quantitative estimate of drug-likeness (QED) is 0.857. The topological polar surface area (TPSA) is 49.4 Å². The van der Waals surface area contributed by atoms with E-state index in [1.807, 2.05) is 4.90 Å². The van der Waals surface area contributed by atoms with Crippen LogP contribution in [0.1, 0.15) is 64.2 Å². The highest BCUT2D eigenvalue weighted by Crippen LogP contribution is 2.29. The van der Waals surface area contributed by atoms with Crippen molar-refractivity contribution in [2.24, 2.45) is 5.92 Å². The minimum absolute atomic E-state index is 0.0852. The van der Waals surface area contributed by atoms with Crippen molar-refractivity contribution in [1.29, 1.82) is 0 Å². The van der Waals surface area contributed by atoms with Crippen LogP contribution in [0, 0.1) is 5.92 Å². The van der Waals surface area contributed by atoms with Gasteiger partial charge in [0.25, 0.3) is 0 Å². The van der Waals surface area contributed by atoms with Gasteiger partial charge in [0.1, 0.15) is 6.04 Å². The molecule has 20 heavy (non-hydrogen) atoms. The lowest BCUT2D eigenvalue weighted by atomic mass is 9.86. The van der Waals surface area contributed by atoms with Crippen molar-refractivity contribution >= 4 is 11.8 Å². The molecule has 3 fully saturated rings. The van der Waals surface area contributed by atoms with E-state index < -0.39 is 0 Å². The van der Waals surface area contributed by atoms with Gasteiger partial charge in [0.05, 0.1) is 0 Å². The third-order valence-electron chi connectivity index (χ3n) is 4.99. The second-order valence-corrected chi connectivity index (χ2v) is 6.74. The maximum atomic E-state index is 12.5. The number of rotatable bonds is 4. The van der Waals surface area contributed by atoms with E-state index in [0.717, 1.165) is 32.2 Å². The summed E-state index contributed by atoms with van der Waals surface area (Å²) in [4.78, 5) is 26.5. The van der Waals surface area contributed by atoms with Gasteiger partial charge in [0, 0.05) is 19.0 Å².